The van der Waals surface area contributed by atoms with E-state index in [1.807, 2.05) is 74.5 Å². The van der Waals surface area contributed by atoms with Gasteiger partial charge in [-0.25, -0.2) is 10.2 Å². The fraction of sp³-hybridized carbons (Fsp3) is 0.250. The molecule has 0 amide bonds. The van der Waals surface area contributed by atoms with E-state index in [1.54, 1.807) is 0 Å². The number of nitrogens with one attached hydrogen (secondary N) is 2. The third-order valence-corrected chi connectivity index (χ3v) is 5.34. The minimum Gasteiger partial charge on any atom is -0.271 e. The van der Waals surface area contributed by atoms with Crippen LogP contribution in [0.4, 0.5) is 0 Å². The molecule has 2 rings (SSSR count). The zero-order valence-corrected chi connectivity index (χ0v) is 13.8. The van der Waals surface area contributed by atoms with Crippen LogP contribution >= 0.6 is 18.0 Å². The van der Waals surface area contributed by atoms with Crippen molar-refractivity contribution in [3.05, 3.63) is 71.8 Å². The molecule has 2 aromatic rings. The molecule has 2 atom stereocenters. The van der Waals surface area contributed by atoms with Gasteiger partial charge in [0.25, 0.3) is 6.80 Å². The van der Waals surface area contributed by atoms with Crippen molar-refractivity contribution < 1.29 is 4.57 Å². The summed E-state index contributed by atoms with van der Waals surface area (Å²) < 4.78 is 12.5. The Morgan fingerprint density at radius 1 is 0.810 bits per heavy atom. The lowest BCUT2D eigenvalue weighted by molar-refractivity contribution is 0.544. The molecule has 0 fully saturated rings. The highest BCUT2D eigenvalue weighted by molar-refractivity contribution is 7.86. The molecule has 0 aliphatic heterocycles. The van der Waals surface area contributed by atoms with Crippen molar-refractivity contribution in [2.24, 2.45) is 0 Å². The first-order valence-corrected chi connectivity index (χ1v) is 9.54. The molecule has 21 heavy (non-hydrogen) atoms. The van der Waals surface area contributed by atoms with Gasteiger partial charge >= 0.3 is 0 Å². The van der Waals surface area contributed by atoms with E-state index in [-0.39, 0.29) is 12.1 Å². The van der Waals surface area contributed by atoms with Crippen LogP contribution in [-0.4, -0.2) is 0 Å². The molecular weight excluding hydrogens is 303 g/mol. The Balaban J connectivity index is 2.00. The molecule has 2 aromatic carbocycles. The van der Waals surface area contributed by atoms with Gasteiger partial charge in [0.1, 0.15) is 0 Å². The Morgan fingerprint density at radius 2 is 1.14 bits per heavy atom. The standard InChI is InChI=1S/C16H20ClN2OP/c1-13(15-9-5-3-6-10-15)18-21(17,20)19-14(2)16-11-7-4-8-12-16/h3-14H,1-2H3,(H2,18,19,20)/t13-,14-/m1/s1. The van der Waals surface area contributed by atoms with E-state index in [0.29, 0.717) is 0 Å². The summed E-state index contributed by atoms with van der Waals surface area (Å²) in [5, 5.41) is 5.97. The van der Waals surface area contributed by atoms with Gasteiger partial charge in [-0.15, -0.1) is 0 Å². The van der Waals surface area contributed by atoms with Crippen molar-refractivity contribution in [3.8, 4) is 0 Å². The van der Waals surface area contributed by atoms with Crippen LogP contribution in [0.2, 0.25) is 0 Å². The van der Waals surface area contributed by atoms with Gasteiger partial charge in [-0.2, -0.15) is 0 Å². The molecule has 3 nitrogen and oxygen atoms in total. The normalized spacial score (nSPS) is 14.6. The van der Waals surface area contributed by atoms with E-state index < -0.39 is 6.80 Å². The summed E-state index contributed by atoms with van der Waals surface area (Å²) in [5.74, 6) is 0. The van der Waals surface area contributed by atoms with E-state index in [1.165, 1.54) is 0 Å². The Kier molecular flexibility index (Phi) is 5.60. The number of rotatable bonds is 6. The highest BCUT2D eigenvalue weighted by atomic mass is 35.7. The first-order chi connectivity index (χ1) is 9.98. The van der Waals surface area contributed by atoms with Gasteiger partial charge in [0.15, 0.2) is 0 Å². The second kappa shape index (κ2) is 7.24. The molecule has 0 saturated heterocycles. The lowest BCUT2D eigenvalue weighted by Crippen LogP contribution is -2.24. The third-order valence-electron chi connectivity index (χ3n) is 3.32. The summed E-state index contributed by atoms with van der Waals surface area (Å²) in [6, 6.07) is 19.4. The molecule has 0 aliphatic rings. The summed E-state index contributed by atoms with van der Waals surface area (Å²) in [6.07, 6.45) is 0. The first-order valence-electron chi connectivity index (χ1n) is 6.93. The molecule has 0 saturated carbocycles. The van der Waals surface area contributed by atoms with Crippen LogP contribution in [0.25, 0.3) is 0 Å². The molecule has 0 bridgehead atoms. The van der Waals surface area contributed by atoms with Gasteiger partial charge in [-0.05, 0) is 36.2 Å². The monoisotopic (exact) mass is 322 g/mol. The molecule has 2 N–H and O–H groups in total. The van der Waals surface area contributed by atoms with Gasteiger partial charge in [-0.3, -0.25) is 4.57 Å². The van der Waals surface area contributed by atoms with Crippen LogP contribution in [-0.2, 0) is 4.57 Å². The van der Waals surface area contributed by atoms with E-state index in [2.05, 4.69) is 10.2 Å². The molecule has 0 radical (unpaired) electrons. The summed E-state index contributed by atoms with van der Waals surface area (Å²) in [4.78, 5) is 0. The number of hydrogen-bond acceptors (Lipinski definition) is 1. The van der Waals surface area contributed by atoms with E-state index in [9.17, 15) is 4.57 Å². The maximum Gasteiger partial charge on any atom is 0.300 e. The topological polar surface area (TPSA) is 41.1 Å². The zero-order chi connectivity index (χ0) is 15.3. The van der Waals surface area contributed by atoms with E-state index in [0.717, 1.165) is 11.1 Å². The summed E-state index contributed by atoms with van der Waals surface area (Å²) in [5.41, 5.74) is 2.10. The summed E-state index contributed by atoms with van der Waals surface area (Å²) >= 11 is 6.16. The fourth-order valence-corrected chi connectivity index (χ4v) is 4.42. The van der Waals surface area contributed by atoms with Gasteiger partial charge < -0.3 is 0 Å². The average Bonchev–Trinajstić information content (AvgIpc) is 2.48. The quantitative estimate of drug-likeness (QED) is 0.732. The maximum atomic E-state index is 12.5. The Hall–Kier alpha value is -1.12. The smallest absolute Gasteiger partial charge is 0.271 e. The SMILES string of the molecule is C[C@@H](NP(=O)(Cl)N[C@H](C)c1ccccc1)c1ccccc1. The van der Waals surface area contributed by atoms with Crippen LogP contribution in [0.15, 0.2) is 60.7 Å². The Morgan fingerprint density at radius 3 is 1.48 bits per heavy atom. The highest BCUT2D eigenvalue weighted by Gasteiger charge is 2.24. The van der Waals surface area contributed by atoms with Gasteiger partial charge in [0.2, 0.25) is 0 Å². The molecule has 5 heteroatoms. The molecule has 0 aromatic heterocycles. The summed E-state index contributed by atoms with van der Waals surface area (Å²) in [7, 11) is 0. The molecular formula is C16H20ClN2OP. The largest absolute Gasteiger partial charge is 0.300 e. The molecule has 112 valence electrons. The van der Waals surface area contributed by atoms with Crippen LogP contribution in [0, 0.1) is 0 Å². The van der Waals surface area contributed by atoms with Crippen molar-refractivity contribution in [2.75, 3.05) is 0 Å². The van der Waals surface area contributed by atoms with Crippen LogP contribution in [0.3, 0.4) is 0 Å². The second-order valence-corrected chi connectivity index (χ2v) is 8.06. The number of halogens is 1. The minimum atomic E-state index is -3.16. The van der Waals surface area contributed by atoms with Crippen LogP contribution in [0.5, 0.6) is 0 Å². The maximum absolute atomic E-state index is 12.5. The predicted molar refractivity (Wildman–Crippen MR) is 89.4 cm³/mol. The average molecular weight is 323 g/mol. The fourth-order valence-electron chi connectivity index (χ4n) is 2.17. The lowest BCUT2D eigenvalue weighted by Gasteiger charge is -2.23. The van der Waals surface area contributed by atoms with Crippen molar-refractivity contribution in [1.82, 2.24) is 10.2 Å². The number of hydrogen-bond donors (Lipinski definition) is 2. The van der Waals surface area contributed by atoms with Crippen molar-refractivity contribution in [2.45, 2.75) is 25.9 Å². The highest BCUT2D eigenvalue weighted by Crippen LogP contribution is 2.46. The molecule has 0 spiro atoms. The van der Waals surface area contributed by atoms with Crippen molar-refractivity contribution in [1.29, 1.82) is 0 Å². The van der Waals surface area contributed by atoms with Gasteiger partial charge in [0, 0.05) is 12.1 Å². The first kappa shape index (κ1) is 16.3. The van der Waals surface area contributed by atoms with Crippen LogP contribution < -0.4 is 10.2 Å². The molecule has 0 unspecified atom stereocenters. The van der Waals surface area contributed by atoms with E-state index in [4.69, 9.17) is 11.2 Å². The Labute approximate surface area is 131 Å². The van der Waals surface area contributed by atoms with E-state index >= 15 is 0 Å². The Bertz CT molecular complexity index is 555. The third kappa shape index (κ3) is 4.98. The van der Waals surface area contributed by atoms with Crippen LogP contribution in [0.1, 0.15) is 37.1 Å². The minimum absolute atomic E-state index is 0.0926. The molecule has 0 aliphatic carbocycles. The van der Waals surface area contributed by atoms with Gasteiger partial charge in [0.05, 0.1) is 0 Å². The summed E-state index contributed by atoms with van der Waals surface area (Å²) in [6.45, 7) is 0.724. The predicted octanol–water partition coefficient (Wildman–Crippen LogP) is 5.03. The lowest BCUT2D eigenvalue weighted by atomic mass is 10.1. The number of benzene rings is 2. The van der Waals surface area contributed by atoms with Crippen molar-refractivity contribution in [3.63, 3.8) is 0 Å². The van der Waals surface area contributed by atoms with Gasteiger partial charge in [-0.1, -0.05) is 60.7 Å². The van der Waals surface area contributed by atoms with Crippen molar-refractivity contribution >= 4 is 18.0 Å². The second-order valence-electron chi connectivity index (χ2n) is 5.06. The zero-order valence-electron chi connectivity index (χ0n) is 12.2. The molecule has 0 heterocycles.